The number of aromatic nitrogens is 4. The molecule has 0 saturated carbocycles. The number of hydrogen-bond acceptors (Lipinski definition) is 9. The van der Waals surface area contributed by atoms with Crippen LogP contribution < -0.4 is 20.0 Å². The van der Waals surface area contributed by atoms with E-state index in [1.807, 2.05) is 36.4 Å². The zero-order valence-corrected chi connectivity index (χ0v) is 19.5. The van der Waals surface area contributed by atoms with Crippen LogP contribution in [0, 0.1) is 0 Å². The normalized spacial score (nSPS) is 16.7. The fourth-order valence-corrected chi connectivity index (χ4v) is 4.31. The Labute approximate surface area is 202 Å². The number of nitrogens with zero attached hydrogens (tertiary/aromatic N) is 7. The number of pyridine rings is 1. The molecule has 2 aliphatic heterocycles. The number of halogens is 2. The van der Waals surface area contributed by atoms with Gasteiger partial charge in [-0.1, -0.05) is 29.3 Å². The van der Waals surface area contributed by atoms with Crippen LogP contribution in [0.1, 0.15) is 0 Å². The minimum atomic E-state index is 0.485. The van der Waals surface area contributed by atoms with Crippen molar-refractivity contribution in [3.63, 3.8) is 0 Å². The predicted octanol–water partition coefficient (Wildman–Crippen LogP) is 3.48. The second kappa shape index (κ2) is 9.94. The van der Waals surface area contributed by atoms with Gasteiger partial charge >= 0.3 is 0 Å². The molecule has 9 nitrogen and oxygen atoms in total. The van der Waals surface area contributed by atoms with Crippen LogP contribution in [0.3, 0.4) is 0 Å². The van der Waals surface area contributed by atoms with Crippen LogP contribution in [0.2, 0.25) is 10.0 Å². The van der Waals surface area contributed by atoms with Crippen molar-refractivity contribution in [1.82, 2.24) is 19.9 Å². The van der Waals surface area contributed by atoms with Crippen molar-refractivity contribution in [2.45, 2.75) is 0 Å². The molecule has 2 saturated heterocycles. The summed E-state index contributed by atoms with van der Waals surface area (Å²) in [6.07, 6.45) is 1.77. The van der Waals surface area contributed by atoms with E-state index in [4.69, 9.17) is 37.9 Å². The molecule has 0 atom stereocenters. The van der Waals surface area contributed by atoms with Crippen LogP contribution in [0.5, 0.6) is 0 Å². The maximum atomic E-state index is 6.34. The van der Waals surface area contributed by atoms with Crippen molar-refractivity contribution < 1.29 is 4.74 Å². The minimum Gasteiger partial charge on any atom is -0.378 e. The summed E-state index contributed by atoms with van der Waals surface area (Å²) in [5.74, 6) is 2.58. The third-order valence-electron chi connectivity index (χ3n) is 5.59. The van der Waals surface area contributed by atoms with E-state index in [0.717, 1.165) is 50.8 Å². The predicted molar refractivity (Wildman–Crippen MR) is 131 cm³/mol. The largest absolute Gasteiger partial charge is 0.378 e. The molecule has 0 aliphatic carbocycles. The van der Waals surface area contributed by atoms with Crippen LogP contribution >= 0.6 is 23.2 Å². The molecule has 5 rings (SSSR count). The highest BCUT2D eigenvalue weighted by Gasteiger charge is 2.24. The van der Waals surface area contributed by atoms with Crippen molar-refractivity contribution in [3.05, 3.63) is 52.6 Å². The van der Waals surface area contributed by atoms with Crippen molar-refractivity contribution in [2.24, 2.45) is 0 Å². The zero-order chi connectivity index (χ0) is 22.6. The van der Waals surface area contributed by atoms with E-state index in [0.29, 0.717) is 41.1 Å². The lowest BCUT2D eigenvalue weighted by Gasteiger charge is -2.36. The number of nitrogens with one attached hydrogen (secondary N) is 1. The van der Waals surface area contributed by atoms with Gasteiger partial charge in [-0.2, -0.15) is 15.0 Å². The third-order valence-corrected chi connectivity index (χ3v) is 6.12. The third kappa shape index (κ3) is 5.21. The van der Waals surface area contributed by atoms with Gasteiger partial charge in [0.1, 0.15) is 5.82 Å². The van der Waals surface area contributed by atoms with Crippen molar-refractivity contribution in [2.75, 3.05) is 72.5 Å². The van der Waals surface area contributed by atoms with E-state index >= 15 is 0 Å². The van der Waals surface area contributed by atoms with Crippen LogP contribution in [-0.4, -0.2) is 72.4 Å². The number of benzene rings is 1. The average molecular weight is 487 g/mol. The molecule has 0 bridgehead atoms. The Hall–Kier alpha value is -2.88. The lowest BCUT2D eigenvalue weighted by Crippen LogP contribution is -2.47. The van der Waals surface area contributed by atoms with Crippen molar-refractivity contribution >= 4 is 52.6 Å². The molecule has 0 unspecified atom stereocenters. The summed E-state index contributed by atoms with van der Waals surface area (Å²) in [4.78, 5) is 25.1. The molecule has 0 spiro atoms. The summed E-state index contributed by atoms with van der Waals surface area (Å²) in [5.41, 5.74) is 0.821. The van der Waals surface area contributed by atoms with E-state index in [1.54, 1.807) is 6.20 Å². The molecular weight excluding hydrogens is 463 g/mol. The van der Waals surface area contributed by atoms with Gasteiger partial charge in [-0.15, -0.1) is 0 Å². The van der Waals surface area contributed by atoms with Gasteiger partial charge in [-0.3, -0.25) is 0 Å². The molecule has 172 valence electrons. The molecule has 11 heteroatoms. The van der Waals surface area contributed by atoms with Gasteiger partial charge in [-0.25, -0.2) is 4.98 Å². The number of anilines is 5. The number of rotatable bonds is 5. The molecule has 4 heterocycles. The maximum Gasteiger partial charge on any atom is 0.233 e. The van der Waals surface area contributed by atoms with Crippen LogP contribution in [-0.2, 0) is 4.74 Å². The molecule has 3 aromatic rings. The van der Waals surface area contributed by atoms with Crippen LogP contribution in [0.4, 0.5) is 29.4 Å². The first-order chi connectivity index (χ1) is 16.2. The summed E-state index contributed by atoms with van der Waals surface area (Å²) >= 11 is 12.5. The fraction of sp³-hybridized carbons (Fsp3) is 0.364. The molecule has 1 aromatic carbocycles. The van der Waals surface area contributed by atoms with Gasteiger partial charge in [0.25, 0.3) is 0 Å². The summed E-state index contributed by atoms with van der Waals surface area (Å²) in [7, 11) is 0. The highest BCUT2D eigenvalue weighted by atomic mass is 35.5. The molecule has 33 heavy (non-hydrogen) atoms. The second-order valence-corrected chi connectivity index (χ2v) is 8.62. The molecule has 2 aliphatic rings. The number of ether oxygens (including phenoxy) is 1. The Morgan fingerprint density at radius 1 is 0.788 bits per heavy atom. The first-order valence-corrected chi connectivity index (χ1v) is 11.6. The summed E-state index contributed by atoms with van der Waals surface area (Å²) in [6, 6.07) is 11.2. The summed E-state index contributed by atoms with van der Waals surface area (Å²) in [5, 5.41) is 4.58. The molecule has 1 N–H and O–H groups in total. The maximum absolute atomic E-state index is 6.34. The van der Waals surface area contributed by atoms with Gasteiger partial charge in [0.05, 0.1) is 18.2 Å². The van der Waals surface area contributed by atoms with E-state index in [-0.39, 0.29) is 0 Å². The first kappa shape index (κ1) is 21.9. The number of piperazine rings is 1. The van der Waals surface area contributed by atoms with Crippen LogP contribution in [0.15, 0.2) is 42.6 Å². The topological polar surface area (TPSA) is 82.5 Å². The van der Waals surface area contributed by atoms with Crippen molar-refractivity contribution in [3.8, 4) is 0 Å². The standard InChI is InChI=1S/C22H24Cl2N8O/c23-16-3-1-4-17(15-16)26-20-27-21(29-22(28-20)32-11-13-33-14-12-32)31-9-7-30(8-10-31)19-18(24)5-2-6-25-19/h1-6,15H,7-14H2,(H,26,27,28,29). The average Bonchev–Trinajstić information content (AvgIpc) is 2.85. The smallest absolute Gasteiger partial charge is 0.233 e. The Morgan fingerprint density at radius 3 is 2.18 bits per heavy atom. The first-order valence-electron chi connectivity index (χ1n) is 10.9. The van der Waals surface area contributed by atoms with E-state index < -0.39 is 0 Å². The molecular formula is C22H24Cl2N8O. The summed E-state index contributed by atoms with van der Waals surface area (Å²) in [6.45, 7) is 5.83. The number of morpholine rings is 1. The minimum absolute atomic E-state index is 0.485. The van der Waals surface area contributed by atoms with Gasteiger partial charge in [-0.05, 0) is 30.3 Å². The van der Waals surface area contributed by atoms with Crippen molar-refractivity contribution in [1.29, 1.82) is 0 Å². The SMILES string of the molecule is Clc1cccc(Nc2nc(N3CCOCC3)nc(N3CCN(c4ncccc4Cl)CC3)n2)c1. The van der Waals surface area contributed by atoms with Gasteiger partial charge in [0, 0.05) is 56.2 Å². The lowest BCUT2D eigenvalue weighted by molar-refractivity contribution is 0.122. The Kier molecular flexibility index (Phi) is 6.61. The van der Waals surface area contributed by atoms with Crippen LogP contribution in [0.25, 0.3) is 0 Å². The molecule has 0 amide bonds. The second-order valence-electron chi connectivity index (χ2n) is 7.78. The fourth-order valence-electron chi connectivity index (χ4n) is 3.88. The molecule has 0 radical (unpaired) electrons. The Bertz CT molecular complexity index is 1100. The molecule has 2 aromatic heterocycles. The van der Waals surface area contributed by atoms with E-state index in [2.05, 4.69) is 30.0 Å². The van der Waals surface area contributed by atoms with Gasteiger partial charge in [0.2, 0.25) is 17.8 Å². The zero-order valence-electron chi connectivity index (χ0n) is 18.0. The van der Waals surface area contributed by atoms with Gasteiger partial charge in [0.15, 0.2) is 0 Å². The highest BCUT2D eigenvalue weighted by Crippen LogP contribution is 2.26. The summed E-state index contributed by atoms with van der Waals surface area (Å²) < 4.78 is 5.49. The Balaban J connectivity index is 1.38. The molecule has 2 fully saturated rings. The quantitative estimate of drug-likeness (QED) is 0.582. The lowest BCUT2D eigenvalue weighted by atomic mass is 10.3. The Morgan fingerprint density at radius 2 is 1.48 bits per heavy atom. The highest BCUT2D eigenvalue weighted by molar-refractivity contribution is 6.33. The monoisotopic (exact) mass is 486 g/mol. The van der Waals surface area contributed by atoms with E-state index in [9.17, 15) is 0 Å². The van der Waals surface area contributed by atoms with Gasteiger partial charge < -0.3 is 24.8 Å². The number of hydrogen-bond donors (Lipinski definition) is 1. The van der Waals surface area contributed by atoms with E-state index in [1.165, 1.54) is 0 Å².